The van der Waals surface area contributed by atoms with Crippen molar-refractivity contribution in [2.75, 3.05) is 0 Å². The SMILES string of the molecule is CC(C)(C)c1ccc2c(c1)[CH]([Zr])c1cc(C(C)(C)C)ccc1-2. The van der Waals surface area contributed by atoms with Crippen LogP contribution in [0.2, 0.25) is 0 Å². The summed E-state index contributed by atoms with van der Waals surface area (Å²) >= 11 is 1.59. The second kappa shape index (κ2) is 5.17. The second-order valence-electron chi connectivity index (χ2n) is 8.54. The minimum absolute atomic E-state index is 0.218. The molecular formula is C21H25Zr. The minimum atomic E-state index is 0.218. The summed E-state index contributed by atoms with van der Waals surface area (Å²) in [7, 11) is 0. The number of hydrogen-bond donors (Lipinski definition) is 0. The van der Waals surface area contributed by atoms with Gasteiger partial charge < -0.3 is 0 Å². The van der Waals surface area contributed by atoms with Gasteiger partial charge in [0.1, 0.15) is 0 Å². The molecule has 0 radical (unpaired) electrons. The molecule has 0 heterocycles. The van der Waals surface area contributed by atoms with Gasteiger partial charge in [-0.15, -0.1) is 0 Å². The second-order valence-corrected chi connectivity index (χ2v) is 9.96. The van der Waals surface area contributed by atoms with Gasteiger partial charge in [-0.3, -0.25) is 0 Å². The van der Waals surface area contributed by atoms with E-state index in [1.165, 1.54) is 33.4 Å². The molecule has 0 unspecified atom stereocenters. The zero-order valence-corrected chi connectivity index (χ0v) is 17.0. The molecule has 0 saturated carbocycles. The fourth-order valence-electron chi connectivity index (χ4n) is 3.19. The number of hydrogen-bond acceptors (Lipinski definition) is 0. The van der Waals surface area contributed by atoms with Crippen LogP contribution in [0.3, 0.4) is 0 Å². The molecule has 0 aliphatic heterocycles. The molecule has 0 aromatic heterocycles. The van der Waals surface area contributed by atoms with E-state index < -0.39 is 0 Å². The quantitative estimate of drug-likeness (QED) is 0.543. The van der Waals surface area contributed by atoms with Crippen LogP contribution in [-0.2, 0) is 35.5 Å². The van der Waals surface area contributed by atoms with Gasteiger partial charge in [-0.1, -0.05) is 0 Å². The van der Waals surface area contributed by atoms with Crippen molar-refractivity contribution in [2.24, 2.45) is 0 Å². The molecule has 0 bridgehead atoms. The van der Waals surface area contributed by atoms with Crippen molar-refractivity contribution in [3.05, 3.63) is 58.7 Å². The Balaban J connectivity index is 2.13. The van der Waals surface area contributed by atoms with E-state index in [9.17, 15) is 0 Å². The summed E-state index contributed by atoms with van der Waals surface area (Å²) < 4.78 is 0.585. The van der Waals surface area contributed by atoms with Crippen LogP contribution in [0.25, 0.3) is 11.1 Å². The molecular weight excluding hydrogens is 343 g/mol. The maximum atomic E-state index is 2.45. The number of benzene rings is 2. The van der Waals surface area contributed by atoms with Crippen LogP contribution in [0.1, 0.15) is 67.4 Å². The van der Waals surface area contributed by atoms with Crippen LogP contribution in [0.5, 0.6) is 0 Å². The van der Waals surface area contributed by atoms with Crippen LogP contribution < -0.4 is 0 Å². The molecule has 0 atom stereocenters. The van der Waals surface area contributed by atoms with Gasteiger partial charge in [0, 0.05) is 0 Å². The molecule has 2 aromatic carbocycles. The third-order valence-electron chi connectivity index (χ3n) is 4.75. The predicted molar refractivity (Wildman–Crippen MR) is 91.1 cm³/mol. The summed E-state index contributed by atoms with van der Waals surface area (Å²) in [5.74, 6) is 0. The Hall–Kier alpha value is -0.677. The molecule has 22 heavy (non-hydrogen) atoms. The average molecular weight is 369 g/mol. The summed E-state index contributed by atoms with van der Waals surface area (Å²) in [5, 5.41) is 0. The van der Waals surface area contributed by atoms with Crippen molar-refractivity contribution < 1.29 is 24.7 Å². The molecule has 1 heteroatoms. The number of rotatable bonds is 0. The molecule has 0 fully saturated rings. The summed E-state index contributed by atoms with van der Waals surface area (Å²) in [4.78, 5) is 0. The third kappa shape index (κ3) is 2.67. The van der Waals surface area contributed by atoms with Gasteiger partial charge in [-0.05, 0) is 0 Å². The first-order valence-corrected chi connectivity index (χ1v) is 9.51. The molecule has 0 N–H and O–H groups in total. The fraction of sp³-hybridized carbons (Fsp3) is 0.429. The van der Waals surface area contributed by atoms with Crippen molar-refractivity contribution in [1.29, 1.82) is 0 Å². The fourth-order valence-corrected chi connectivity index (χ4v) is 4.37. The normalized spacial score (nSPS) is 14.8. The molecule has 113 valence electrons. The third-order valence-corrected chi connectivity index (χ3v) is 6.28. The monoisotopic (exact) mass is 367 g/mol. The van der Waals surface area contributed by atoms with Gasteiger partial charge in [0.25, 0.3) is 0 Å². The first-order chi connectivity index (χ1) is 10.1. The van der Waals surface area contributed by atoms with E-state index in [2.05, 4.69) is 77.9 Å². The van der Waals surface area contributed by atoms with Gasteiger partial charge in [0.2, 0.25) is 0 Å². The van der Waals surface area contributed by atoms with Crippen LogP contribution in [0, 0.1) is 0 Å². The maximum absolute atomic E-state index is 2.45. The van der Waals surface area contributed by atoms with E-state index in [0.29, 0.717) is 3.63 Å². The average Bonchev–Trinajstić information content (AvgIpc) is 2.70. The van der Waals surface area contributed by atoms with Crippen molar-refractivity contribution >= 4 is 0 Å². The van der Waals surface area contributed by atoms with Crippen molar-refractivity contribution in [1.82, 2.24) is 0 Å². The van der Waals surface area contributed by atoms with Gasteiger partial charge in [-0.2, -0.15) is 0 Å². The first kappa shape index (κ1) is 16.2. The van der Waals surface area contributed by atoms with E-state index in [-0.39, 0.29) is 10.8 Å². The van der Waals surface area contributed by atoms with E-state index in [4.69, 9.17) is 0 Å². The van der Waals surface area contributed by atoms with Crippen molar-refractivity contribution in [2.45, 2.75) is 56.0 Å². The Bertz CT molecular complexity index is 663. The molecule has 0 spiro atoms. The van der Waals surface area contributed by atoms with Crippen LogP contribution >= 0.6 is 0 Å². The molecule has 0 amide bonds. The summed E-state index contributed by atoms with van der Waals surface area (Å²) in [6.45, 7) is 13.8. The summed E-state index contributed by atoms with van der Waals surface area (Å²) in [6.07, 6.45) is 0. The zero-order chi connectivity index (χ0) is 16.3. The Kier molecular flexibility index (Phi) is 3.80. The van der Waals surface area contributed by atoms with Crippen LogP contribution in [-0.4, -0.2) is 0 Å². The van der Waals surface area contributed by atoms with E-state index in [1.54, 1.807) is 24.7 Å². The van der Waals surface area contributed by atoms with Gasteiger partial charge in [-0.25, -0.2) is 0 Å². The van der Waals surface area contributed by atoms with Crippen LogP contribution in [0.4, 0.5) is 0 Å². The summed E-state index contributed by atoms with van der Waals surface area (Å²) in [6, 6.07) is 14.2. The molecule has 2 aromatic rings. The topological polar surface area (TPSA) is 0 Å². The van der Waals surface area contributed by atoms with Gasteiger partial charge >= 0.3 is 150 Å². The predicted octanol–water partition coefficient (Wildman–Crippen LogP) is 5.90. The van der Waals surface area contributed by atoms with Crippen LogP contribution in [0.15, 0.2) is 36.4 Å². The Morgan fingerprint density at radius 2 is 1.05 bits per heavy atom. The number of fused-ring (bicyclic) bond motifs is 3. The molecule has 0 saturated heterocycles. The molecule has 0 nitrogen and oxygen atoms in total. The molecule has 3 rings (SSSR count). The molecule has 1 aliphatic rings. The van der Waals surface area contributed by atoms with E-state index in [0.717, 1.165) is 0 Å². The Labute approximate surface area is 150 Å². The van der Waals surface area contributed by atoms with Gasteiger partial charge in [0.05, 0.1) is 0 Å². The zero-order valence-electron chi connectivity index (χ0n) is 14.5. The van der Waals surface area contributed by atoms with E-state index in [1.807, 2.05) is 0 Å². The summed E-state index contributed by atoms with van der Waals surface area (Å²) in [5.41, 5.74) is 9.30. The Morgan fingerprint density at radius 1 is 0.682 bits per heavy atom. The van der Waals surface area contributed by atoms with Crippen molar-refractivity contribution in [3.8, 4) is 11.1 Å². The van der Waals surface area contributed by atoms with Crippen molar-refractivity contribution in [3.63, 3.8) is 0 Å². The standard InChI is InChI=1S/C21H25.Zr/c1-20(2,3)16-7-9-18-14(12-16)11-15-13-17(21(4,5)6)8-10-19(15)18;/h7-13H,1-6H3;. The Morgan fingerprint density at radius 3 is 1.36 bits per heavy atom. The molecule has 1 aliphatic carbocycles. The van der Waals surface area contributed by atoms with E-state index >= 15 is 0 Å². The van der Waals surface area contributed by atoms with Gasteiger partial charge in [0.15, 0.2) is 0 Å². The first-order valence-electron chi connectivity index (χ1n) is 8.09.